The van der Waals surface area contributed by atoms with Crippen LogP contribution in [0, 0.1) is 6.92 Å². The number of nitrogens with two attached hydrogens (primary N) is 1. The van der Waals surface area contributed by atoms with Crippen LogP contribution >= 0.6 is 0 Å². The molecule has 0 radical (unpaired) electrons. The van der Waals surface area contributed by atoms with Crippen LogP contribution < -0.4 is 10.6 Å². The first-order valence-electron chi connectivity index (χ1n) is 5.83. The minimum atomic E-state index is -0.166. The number of nitrogen functional groups attached to an aromatic ring is 1. The maximum atomic E-state index is 9.18. The first-order valence-corrected chi connectivity index (χ1v) is 5.83. The molecule has 1 fully saturated rings. The van der Waals surface area contributed by atoms with Crippen LogP contribution in [0.2, 0.25) is 0 Å². The lowest BCUT2D eigenvalue weighted by Crippen LogP contribution is -2.48. The van der Waals surface area contributed by atoms with Crippen LogP contribution in [0.4, 0.5) is 11.5 Å². The Morgan fingerprint density at radius 1 is 1.59 bits per heavy atom. The van der Waals surface area contributed by atoms with E-state index in [1.165, 1.54) is 0 Å². The Morgan fingerprint density at radius 3 is 3.00 bits per heavy atom. The molecule has 0 aromatic carbocycles. The van der Waals surface area contributed by atoms with Crippen LogP contribution in [0.15, 0.2) is 12.3 Å². The largest absolute Gasteiger partial charge is 0.396 e. The molecule has 0 amide bonds. The number of aliphatic hydroxyl groups is 1. The SMILES string of the molecule is Cc1cnc(N2CC(C)OC(CO)C2)c(N)c1. The highest BCUT2D eigenvalue weighted by Gasteiger charge is 2.26. The summed E-state index contributed by atoms with van der Waals surface area (Å²) in [6, 6.07) is 1.91. The summed E-state index contributed by atoms with van der Waals surface area (Å²) in [6.07, 6.45) is 1.71. The average molecular weight is 237 g/mol. The zero-order chi connectivity index (χ0) is 12.4. The third-order valence-corrected chi connectivity index (χ3v) is 2.86. The molecule has 2 unspecified atom stereocenters. The summed E-state index contributed by atoms with van der Waals surface area (Å²) in [7, 11) is 0. The zero-order valence-corrected chi connectivity index (χ0v) is 10.3. The van der Waals surface area contributed by atoms with Crippen molar-refractivity contribution in [2.24, 2.45) is 0 Å². The highest BCUT2D eigenvalue weighted by atomic mass is 16.5. The van der Waals surface area contributed by atoms with Crippen LogP contribution in [0.3, 0.4) is 0 Å². The smallest absolute Gasteiger partial charge is 0.151 e. The Balaban J connectivity index is 2.20. The number of aromatic nitrogens is 1. The normalized spacial score (nSPS) is 25.0. The number of anilines is 2. The molecule has 1 aromatic rings. The fourth-order valence-corrected chi connectivity index (χ4v) is 2.17. The lowest BCUT2D eigenvalue weighted by atomic mass is 10.2. The van der Waals surface area contributed by atoms with Crippen LogP contribution in [0.25, 0.3) is 0 Å². The van der Waals surface area contributed by atoms with Crippen LogP contribution in [0.5, 0.6) is 0 Å². The molecule has 1 aliphatic rings. The van der Waals surface area contributed by atoms with Crippen molar-refractivity contribution in [1.82, 2.24) is 4.98 Å². The van der Waals surface area contributed by atoms with E-state index < -0.39 is 0 Å². The summed E-state index contributed by atoms with van der Waals surface area (Å²) in [5.74, 6) is 0.782. The number of rotatable bonds is 2. The van der Waals surface area contributed by atoms with Gasteiger partial charge in [0, 0.05) is 19.3 Å². The maximum Gasteiger partial charge on any atom is 0.151 e. The lowest BCUT2D eigenvalue weighted by Gasteiger charge is -2.37. The van der Waals surface area contributed by atoms with Gasteiger partial charge >= 0.3 is 0 Å². The molecule has 0 saturated carbocycles. The van der Waals surface area contributed by atoms with Crippen LogP contribution in [0.1, 0.15) is 12.5 Å². The molecular formula is C12H19N3O2. The van der Waals surface area contributed by atoms with Gasteiger partial charge in [-0.3, -0.25) is 0 Å². The second-order valence-electron chi connectivity index (χ2n) is 4.58. The van der Waals surface area contributed by atoms with E-state index in [2.05, 4.69) is 9.88 Å². The van der Waals surface area contributed by atoms with E-state index >= 15 is 0 Å². The molecule has 2 rings (SSSR count). The molecule has 0 aliphatic carbocycles. The minimum absolute atomic E-state index is 0.0204. The Hall–Kier alpha value is -1.33. The Morgan fingerprint density at radius 2 is 2.35 bits per heavy atom. The number of pyridine rings is 1. The van der Waals surface area contributed by atoms with Crippen molar-refractivity contribution in [3.05, 3.63) is 17.8 Å². The summed E-state index contributed by atoms with van der Waals surface area (Å²) in [5.41, 5.74) is 7.70. The fourth-order valence-electron chi connectivity index (χ4n) is 2.17. The van der Waals surface area contributed by atoms with Gasteiger partial charge in [-0.2, -0.15) is 0 Å². The van der Waals surface area contributed by atoms with Crippen molar-refractivity contribution in [2.75, 3.05) is 30.3 Å². The fraction of sp³-hybridized carbons (Fsp3) is 0.583. The molecule has 5 nitrogen and oxygen atoms in total. The number of nitrogens with zero attached hydrogens (tertiary/aromatic N) is 2. The van der Waals surface area contributed by atoms with Gasteiger partial charge in [-0.05, 0) is 25.5 Å². The molecule has 3 N–H and O–H groups in total. The van der Waals surface area contributed by atoms with E-state index in [0.29, 0.717) is 12.2 Å². The second-order valence-corrected chi connectivity index (χ2v) is 4.58. The van der Waals surface area contributed by atoms with Gasteiger partial charge in [0.25, 0.3) is 0 Å². The molecule has 1 aliphatic heterocycles. The van der Waals surface area contributed by atoms with E-state index in [-0.39, 0.29) is 18.8 Å². The van der Waals surface area contributed by atoms with Crippen molar-refractivity contribution in [1.29, 1.82) is 0 Å². The average Bonchev–Trinajstić information content (AvgIpc) is 2.28. The van der Waals surface area contributed by atoms with Gasteiger partial charge in [-0.1, -0.05) is 0 Å². The molecule has 0 spiro atoms. The highest BCUT2D eigenvalue weighted by molar-refractivity contribution is 5.63. The molecular weight excluding hydrogens is 218 g/mol. The third-order valence-electron chi connectivity index (χ3n) is 2.86. The number of aliphatic hydroxyl groups excluding tert-OH is 1. The molecule has 2 atom stereocenters. The summed E-state index contributed by atoms with van der Waals surface area (Å²) < 4.78 is 5.59. The van der Waals surface area contributed by atoms with E-state index in [9.17, 15) is 5.11 Å². The van der Waals surface area contributed by atoms with Gasteiger partial charge in [0.05, 0.1) is 24.5 Å². The third kappa shape index (κ3) is 2.68. The number of hydrogen-bond acceptors (Lipinski definition) is 5. The minimum Gasteiger partial charge on any atom is -0.396 e. The second kappa shape index (κ2) is 4.89. The predicted molar refractivity (Wildman–Crippen MR) is 67.0 cm³/mol. The van der Waals surface area contributed by atoms with Gasteiger partial charge in [-0.15, -0.1) is 0 Å². The van der Waals surface area contributed by atoms with Crippen molar-refractivity contribution in [3.8, 4) is 0 Å². The molecule has 0 bridgehead atoms. The first kappa shape index (κ1) is 12.1. The molecule has 94 valence electrons. The van der Waals surface area contributed by atoms with Crippen LogP contribution in [-0.2, 0) is 4.74 Å². The molecule has 5 heteroatoms. The molecule has 17 heavy (non-hydrogen) atoms. The van der Waals surface area contributed by atoms with Crippen LogP contribution in [-0.4, -0.2) is 42.0 Å². The Kier molecular flexibility index (Phi) is 3.49. The monoisotopic (exact) mass is 237 g/mol. The van der Waals surface area contributed by atoms with E-state index in [1.807, 2.05) is 19.9 Å². The maximum absolute atomic E-state index is 9.18. The predicted octanol–water partition coefficient (Wildman–Crippen LogP) is 0.558. The molecule has 2 heterocycles. The van der Waals surface area contributed by atoms with Crippen molar-refractivity contribution in [2.45, 2.75) is 26.1 Å². The standard InChI is InChI=1S/C12H19N3O2/c1-8-3-11(13)12(14-4-8)15-5-9(2)17-10(6-15)7-16/h3-4,9-10,16H,5-7,13H2,1-2H3. The van der Waals surface area contributed by atoms with Crippen molar-refractivity contribution in [3.63, 3.8) is 0 Å². The molecule has 1 aromatic heterocycles. The summed E-state index contributed by atoms with van der Waals surface area (Å²) >= 11 is 0. The highest BCUT2D eigenvalue weighted by Crippen LogP contribution is 2.24. The van der Waals surface area contributed by atoms with E-state index in [4.69, 9.17) is 10.5 Å². The van der Waals surface area contributed by atoms with Gasteiger partial charge in [0.2, 0.25) is 0 Å². The van der Waals surface area contributed by atoms with Gasteiger partial charge in [-0.25, -0.2) is 4.98 Å². The topological polar surface area (TPSA) is 71.6 Å². The molecule has 1 saturated heterocycles. The Bertz CT molecular complexity index is 397. The number of aryl methyl sites for hydroxylation is 1. The number of morpholine rings is 1. The zero-order valence-electron chi connectivity index (χ0n) is 10.3. The van der Waals surface area contributed by atoms with E-state index in [1.54, 1.807) is 6.20 Å². The Labute approximate surface area is 101 Å². The van der Waals surface area contributed by atoms with E-state index in [0.717, 1.165) is 17.9 Å². The van der Waals surface area contributed by atoms with Gasteiger partial charge in [0.1, 0.15) is 0 Å². The summed E-state index contributed by atoms with van der Waals surface area (Å²) in [5, 5.41) is 9.18. The van der Waals surface area contributed by atoms with Gasteiger partial charge < -0.3 is 20.5 Å². The van der Waals surface area contributed by atoms with Crippen molar-refractivity contribution < 1.29 is 9.84 Å². The quantitative estimate of drug-likeness (QED) is 0.786. The lowest BCUT2D eigenvalue weighted by molar-refractivity contribution is -0.0422. The number of hydrogen-bond donors (Lipinski definition) is 2. The van der Waals surface area contributed by atoms with Gasteiger partial charge in [0.15, 0.2) is 5.82 Å². The van der Waals surface area contributed by atoms with Crippen molar-refractivity contribution >= 4 is 11.5 Å². The first-order chi connectivity index (χ1) is 8.10. The summed E-state index contributed by atoms with van der Waals surface area (Å²) in [4.78, 5) is 6.44. The number of ether oxygens (including phenoxy) is 1. The summed E-state index contributed by atoms with van der Waals surface area (Å²) in [6.45, 7) is 5.34.